The molecule has 1 heterocycles. The number of benzene rings is 2. The first-order valence-corrected chi connectivity index (χ1v) is 11.7. The summed E-state index contributed by atoms with van der Waals surface area (Å²) in [5, 5.41) is 3.03. The summed E-state index contributed by atoms with van der Waals surface area (Å²) in [7, 11) is -0.948. The summed E-state index contributed by atoms with van der Waals surface area (Å²) in [6, 6.07) is 12.9. The summed E-state index contributed by atoms with van der Waals surface area (Å²) in [6.45, 7) is 7.36. The summed E-state index contributed by atoms with van der Waals surface area (Å²) in [5.41, 5.74) is 2.64. The second-order valence-electron chi connectivity index (χ2n) is 8.81. The van der Waals surface area contributed by atoms with Crippen LogP contribution < -0.4 is 14.4 Å². The second kappa shape index (κ2) is 8.51. The Hall–Kier alpha value is -2.58. The average Bonchev–Trinajstić information content (AvgIpc) is 2.67. The molecule has 0 spiro atoms. The van der Waals surface area contributed by atoms with Crippen molar-refractivity contribution in [2.75, 3.05) is 24.9 Å². The molecule has 3 rings (SSSR count). The Morgan fingerprint density at radius 2 is 1.84 bits per heavy atom. The van der Waals surface area contributed by atoms with Gasteiger partial charge >= 0.3 is 10.2 Å². The lowest BCUT2D eigenvalue weighted by atomic mass is 9.89. The Kier molecular flexibility index (Phi) is 6.34. The number of carbonyl (C=O) groups is 1. The van der Waals surface area contributed by atoms with Gasteiger partial charge in [0.25, 0.3) is 0 Å². The molecule has 31 heavy (non-hydrogen) atoms. The highest BCUT2D eigenvalue weighted by Crippen LogP contribution is 2.39. The molecular weight excluding hydrogens is 414 g/mol. The first-order chi connectivity index (χ1) is 14.4. The normalized spacial score (nSPS) is 17.6. The molecule has 8 heteroatoms. The van der Waals surface area contributed by atoms with Gasteiger partial charge in [-0.15, -0.1) is 0 Å². The summed E-state index contributed by atoms with van der Waals surface area (Å²) in [4.78, 5) is 13.1. The van der Waals surface area contributed by atoms with Crippen LogP contribution in [0, 0.1) is 13.8 Å². The van der Waals surface area contributed by atoms with Gasteiger partial charge in [-0.1, -0.05) is 30.3 Å². The van der Waals surface area contributed by atoms with E-state index < -0.39 is 15.8 Å². The van der Waals surface area contributed by atoms with Gasteiger partial charge in [-0.2, -0.15) is 12.7 Å². The highest BCUT2D eigenvalue weighted by atomic mass is 32.2. The molecule has 0 aliphatic carbocycles. The van der Waals surface area contributed by atoms with Gasteiger partial charge in [0.1, 0.15) is 17.9 Å². The molecule has 0 bridgehead atoms. The van der Waals surface area contributed by atoms with Crippen LogP contribution in [0.15, 0.2) is 42.5 Å². The van der Waals surface area contributed by atoms with Crippen molar-refractivity contribution in [3.63, 3.8) is 0 Å². The van der Waals surface area contributed by atoms with Crippen molar-refractivity contribution < 1.29 is 17.9 Å². The third-order valence-corrected chi connectivity index (χ3v) is 7.18. The Labute approximate surface area is 185 Å². The summed E-state index contributed by atoms with van der Waals surface area (Å²) < 4.78 is 34.5. The minimum absolute atomic E-state index is 0.269. The van der Waals surface area contributed by atoms with E-state index in [9.17, 15) is 13.2 Å². The largest absolute Gasteiger partial charge is 0.487 e. The number of fused-ring (bicyclic) bond motifs is 1. The minimum atomic E-state index is -3.87. The molecule has 1 unspecified atom stereocenters. The average molecular weight is 446 g/mol. The second-order valence-corrected chi connectivity index (χ2v) is 10.9. The van der Waals surface area contributed by atoms with E-state index in [1.165, 1.54) is 18.4 Å². The Balaban J connectivity index is 1.91. The Bertz CT molecular complexity index is 1080. The predicted octanol–water partition coefficient (Wildman–Crippen LogP) is 3.33. The van der Waals surface area contributed by atoms with Crippen molar-refractivity contribution in [3.05, 3.63) is 59.2 Å². The smallest absolute Gasteiger partial charge is 0.304 e. The van der Waals surface area contributed by atoms with E-state index in [2.05, 4.69) is 5.32 Å². The number of aryl methyl sites for hydroxylation is 2. The fraction of sp³-hybridized carbons (Fsp3) is 0.435. The fourth-order valence-electron chi connectivity index (χ4n) is 3.78. The van der Waals surface area contributed by atoms with Crippen molar-refractivity contribution in [1.29, 1.82) is 0 Å². The zero-order chi connectivity index (χ0) is 23.0. The topological polar surface area (TPSA) is 79.0 Å². The van der Waals surface area contributed by atoms with Gasteiger partial charge in [0.05, 0.1) is 11.7 Å². The lowest BCUT2D eigenvalue weighted by Gasteiger charge is -2.38. The van der Waals surface area contributed by atoms with E-state index in [-0.39, 0.29) is 18.5 Å². The fourth-order valence-corrected chi connectivity index (χ4v) is 4.90. The number of carbonyl (C=O) groups excluding carboxylic acids is 1. The van der Waals surface area contributed by atoms with Crippen LogP contribution >= 0.6 is 0 Å². The van der Waals surface area contributed by atoms with Crippen molar-refractivity contribution in [1.82, 2.24) is 9.62 Å². The van der Waals surface area contributed by atoms with Crippen molar-refractivity contribution in [3.8, 4) is 5.75 Å². The third kappa shape index (κ3) is 5.02. The van der Waals surface area contributed by atoms with Gasteiger partial charge in [0, 0.05) is 26.1 Å². The molecular formula is C23H31N3O4S. The Morgan fingerprint density at radius 3 is 2.52 bits per heavy atom. The lowest BCUT2D eigenvalue weighted by molar-refractivity contribution is -0.120. The highest BCUT2D eigenvalue weighted by molar-refractivity contribution is 7.90. The van der Waals surface area contributed by atoms with Crippen LogP contribution in [0.25, 0.3) is 0 Å². The summed E-state index contributed by atoms with van der Waals surface area (Å²) in [6.07, 6.45) is 0.583. The van der Waals surface area contributed by atoms with E-state index in [0.717, 1.165) is 26.7 Å². The quantitative estimate of drug-likeness (QED) is 0.740. The third-order valence-electron chi connectivity index (χ3n) is 5.37. The molecule has 1 aliphatic heterocycles. The van der Waals surface area contributed by atoms with E-state index in [4.69, 9.17) is 4.74 Å². The molecule has 0 aromatic heterocycles. The van der Waals surface area contributed by atoms with E-state index in [0.29, 0.717) is 12.1 Å². The van der Waals surface area contributed by atoms with E-state index in [1.54, 1.807) is 6.07 Å². The van der Waals surface area contributed by atoms with E-state index >= 15 is 0 Å². The molecule has 1 aliphatic rings. The number of amides is 1. The molecule has 0 fully saturated rings. The van der Waals surface area contributed by atoms with Crippen LogP contribution in [0.4, 0.5) is 5.69 Å². The van der Waals surface area contributed by atoms with Crippen molar-refractivity contribution in [2.45, 2.75) is 45.8 Å². The van der Waals surface area contributed by atoms with Crippen LogP contribution in [-0.4, -0.2) is 44.9 Å². The molecule has 2 aromatic carbocycles. The number of hydrogen-bond donors (Lipinski definition) is 1. The predicted molar refractivity (Wildman–Crippen MR) is 123 cm³/mol. The molecule has 1 N–H and O–H groups in total. The van der Waals surface area contributed by atoms with Gasteiger partial charge in [-0.25, -0.2) is 4.31 Å². The zero-order valence-corrected chi connectivity index (χ0v) is 19.8. The molecule has 168 valence electrons. The van der Waals surface area contributed by atoms with Gasteiger partial charge in [0.2, 0.25) is 5.91 Å². The molecule has 0 saturated carbocycles. The molecule has 0 radical (unpaired) electrons. The SMILES string of the molecule is Cc1ccc(C)c(N(CC(=O)NC2CC(C)(C)Oc3ccccc32)S(=O)(=O)N(C)C)c1. The van der Waals surface area contributed by atoms with Crippen LogP contribution in [0.2, 0.25) is 0 Å². The standard InChI is InChI=1S/C23H31N3O4S/c1-16-11-12-17(2)20(13-16)26(31(28,29)25(5)6)15-22(27)24-19-14-23(3,4)30-21-10-8-7-9-18(19)21/h7-13,19H,14-15H2,1-6H3,(H,24,27). The first kappa shape index (κ1) is 23.1. The van der Waals surface area contributed by atoms with Crippen molar-refractivity contribution >= 4 is 21.8 Å². The Morgan fingerprint density at radius 1 is 1.16 bits per heavy atom. The lowest BCUT2D eigenvalue weighted by Crippen LogP contribution is -2.48. The van der Waals surface area contributed by atoms with Crippen LogP contribution in [0.5, 0.6) is 5.75 Å². The molecule has 1 amide bonds. The van der Waals surface area contributed by atoms with Gasteiger partial charge in [-0.05, 0) is 51.0 Å². The van der Waals surface area contributed by atoms with Gasteiger partial charge in [0.15, 0.2) is 0 Å². The maximum absolute atomic E-state index is 13.1. The van der Waals surface area contributed by atoms with Gasteiger partial charge < -0.3 is 10.1 Å². The number of nitrogens with one attached hydrogen (secondary N) is 1. The van der Waals surface area contributed by atoms with Crippen molar-refractivity contribution in [2.24, 2.45) is 0 Å². The monoisotopic (exact) mass is 445 g/mol. The number of anilines is 1. The zero-order valence-electron chi connectivity index (χ0n) is 19.0. The minimum Gasteiger partial charge on any atom is -0.487 e. The van der Waals surface area contributed by atoms with E-state index in [1.807, 2.05) is 64.1 Å². The maximum atomic E-state index is 13.1. The maximum Gasteiger partial charge on any atom is 0.304 e. The van der Waals surface area contributed by atoms with Gasteiger partial charge in [-0.3, -0.25) is 4.79 Å². The summed E-state index contributed by atoms with van der Waals surface area (Å²) in [5.74, 6) is 0.361. The molecule has 2 aromatic rings. The first-order valence-electron chi connectivity index (χ1n) is 10.3. The number of nitrogens with zero attached hydrogens (tertiary/aromatic N) is 2. The molecule has 0 saturated heterocycles. The highest BCUT2D eigenvalue weighted by Gasteiger charge is 2.35. The molecule has 7 nitrogen and oxygen atoms in total. The van der Waals surface area contributed by atoms with Crippen LogP contribution in [0.1, 0.15) is 43.0 Å². The summed E-state index contributed by atoms with van der Waals surface area (Å²) >= 11 is 0. The molecule has 1 atom stereocenters. The number of rotatable bonds is 6. The van der Waals surface area contributed by atoms with Crippen LogP contribution in [0.3, 0.4) is 0 Å². The number of hydrogen-bond acceptors (Lipinski definition) is 4. The number of ether oxygens (including phenoxy) is 1. The number of para-hydroxylation sites is 1. The van der Waals surface area contributed by atoms with Crippen LogP contribution in [-0.2, 0) is 15.0 Å².